The fourth-order valence-corrected chi connectivity index (χ4v) is 3.17. The normalized spacial score (nSPS) is 23.6. The minimum atomic E-state index is 0. The van der Waals surface area contributed by atoms with Crippen LogP contribution >= 0.6 is 24.8 Å². The van der Waals surface area contributed by atoms with Crippen molar-refractivity contribution >= 4 is 36.7 Å². The van der Waals surface area contributed by atoms with Crippen LogP contribution in [0.15, 0.2) is 18.5 Å². The number of carbonyl (C=O) groups excluding carboxylic acids is 1. The topological polar surface area (TPSA) is 70.2 Å². The van der Waals surface area contributed by atoms with Gasteiger partial charge in [-0.15, -0.1) is 24.8 Å². The molecule has 2 unspecified atom stereocenters. The Balaban J connectivity index is 0.00000132. The zero-order chi connectivity index (χ0) is 14.5. The van der Waals surface area contributed by atoms with Gasteiger partial charge in [-0.1, -0.05) is 0 Å². The van der Waals surface area contributed by atoms with Gasteiger partial charge in [0, 0.05) is 44.0 Å². The van der Waals surface area contributed by atoms with Gasteiger partial charge in [0.2, 0.25) is 11.9 Å². The average Bonchev–Trinajstić information content (AvgIpc) is 3.01. The Morgan fingerprint density at radius 1 is 1.26 bits per heavy atom. The van der Waals surface area contributed by atoms with Crippen LogP contribution in [0.3, 0.4) is 0 Å². The van der Waals surface area contributed by atoms with Crippen molar-refractivity contribution < 1.29 is 4.79 Å². The molecule has 2 N–H and O–H groups in total. The van der Waals surface area contributed by atoms with Gasteiger partial charge in [0.25, 0.3) is 0 Å². The van der Waals surface area contributed by atoms with E-state index in [1.165, 1.54) is 6.42 Å². The predicted molar refractivity (Wildman–Crippen MR) is 95.5 cm³/mol. The summed E-state index contributed by atoms with van der Waals surface area (Å²) in [7, 11) is 0. The van der Waals surface area contributed by atoms with Crippen molar-refractivity contribution in [1.29, 1.82) is 0 Å². The summed E-state index contributed by atoms with van der Waals surface area (Å²) in [5.41, 5.74) is 0. The molecule has 0 saturated carbocycles. The highest BCUT2D eigenvalue weighted by Crippen LogP contribution is 2.16. The van der Waals surface area contributed by atoms with Crippen molar-refractivity contribution in [2.45, 2.75) is 44.2 Å². The van der Waals surface area contributed by atoms with Crippen molar-refractivity contribution in [2.75, 3.05) is 24.5 Å². The molecule has 8 heteroatoms. The number of amides is 1. The number of nitrogens with zero attached hydrogens (tertiary/aromatic N) is 3. The van der Waals surface area contributed by atoms with E-state index in [0.717, 1.165) is 44.8 Å². The Hall–Kier alpha value is -1.11. The highest BCUT2D eigenvalue weighted by atomic mass is 35.5. The minimum Gasteiger partial charge on any atom is -0.352 e. The quantitative estimate of drug-likeness (QED) is 0.851. The second kappa shape index (κ2) is 9.90. The molecule has 130 valence electrons. The third kappa shape index (κ3) is 5.79. The van der Waals surface area contributed by atoms with Crippen LogP contribution in [0, 0.1) is 0 Å². The van der Waals surface area contributed by atoms with Crippen LogP contribution in [0.2, 0.25) is 0 Å². The van der Waals surface area contributed by atoms with Crippen molar-refractivity contribution in [3.8, 4) is 0 Å². The SMILES string of the molecule is Cl.Cl.O=C(CC1CCCN1)NC1CCCN(c2ncccn2)C1. The van der Waals surface area contributed by atoms with E-state index >= 15 is 0 Å². The van der Waals surface area contributed by atoms with Gasteiger partial charge in [-0.25, -0.2) is 9.97 Å². The molecule has 1 aromatic heterocycles. The van der Waals surface area contributed by atoms with Crippen LogP contribution in [-0.4, -0.2) is 47.6 Å². The van der Waals surface area contributed by atoms with Gasteiger partial charge in [0.15, 0.2) is 0 Å². The summed E-state index contributed by atoms with van der Waals surface area (Å²) in [6.07, 6.45) is 8.51. The third-order valence-corrected chi connectivity index (χ3v) is 4.22. The molecule has 2 aliphatic heterocycles. The van der Waals surface area contributed by atoms with E-state index in [4.69, 9.17) is 0 Å². The van der Waals surface area contributed by atoms with Gasteiger partial charge in [-0.05, 0) is 38.3 Å². The highest BCUT2D eigenvalue weighted by Gasteiger charge is 2.24. The van der Waals surface area contributed by atoms with Crippen LogP contribution in [0.5, 0.6) is 0 Å². The molecular weight excluding hydrogens is 337 g/mol. The van der Waals surface area contributed by atoms with Gasteiger partial charge in [0.05, 0.1) is 0 Å². The molecule has 2 aliphatic rings. The maximum Gasteiger partial charge on any atom is 0.225 e. The predicted octanol–water partition coefficient (Wildman–Crippen LogP) is 1.55. The molecule has 1 aromatic rings. The maximum atomic E-state index is 12.1. The number of hydrogen-bond acceptors (Lipinski definition) is 5. The lowest BCUT2D eigenvalue weighted by Crippen LogP contribution is -2.49. The fraction of sp³-hybridized carbons (Fsp3) is 0.667. The molecule has 0 spiro atoms. The number of piperidine rings is 1. The lowest BCUT2D eigenvalue weighted by molar-refractivity contribution is -0.122. The summed E-state index contributed by atoms with van der Waals surface area (Å²) in [4.78, 5) is 22.8. The summed E-state index contributed by atoms with van der Waals surface area (Å²) in [6.45, 7) is 2.80. The molecule has 0 aliphatic carbocycles. The van der Waals surface area contributed by atoms with Gasteiger partial charge in [-0.2, -0.15) is 0 Å². The first-order valence-electron chi connectivity index (χ1n) is 7.86. The summed E-state index contributed by atoms with van der Waals surface area (Å²) in [5.74, 6) is 0.920. The fourth-order valence-electron chi connectivity index (χ4n) is 3.17. The van der Waals surface area contributed by atoms with Crippen molar-refractivity contribution in [1.82, 2.24) is 20.6 Å². The second-order valence-electron chi connectivity index (χ2n) is 5.90. The molecule has 0 bridgehead atoms. The molecular formula is C15H25Cl2N5O. The minimum absolute atomic E-state index is 0. The first-order valence-corrected chi connectivity index (χ1v) is 7.86. The molecule has 2 saturated heterocycles. The van der Waals surface area contributed by atoms with E-state index in [9.17, 15) is 4.79 Å². The molecule has 0 radical (unpaired) electrons. The van der Waals surface area contributed by atoms with Crippen LogP contribution in [0.1, 0.15) is 32.1 Å². The first-order chi connectivity index (χ1) is 10.3. The van der Waals surface area contributed by atoms with Crippen molar-refractivity contribution in [3.05, 3.63) is 18.5 Å². The average molecular weight is 362 g/mol. The van der Waals surface area contributed by atoms with E-state index in [0.29, 0.717) is 12.5 Å². The summed E-state index contributed by atoms with van der Waals surface area (Å²) >= 11 is 0. The van der Waals surface area contributed by atoms with E-state index < -0.39 is 0 Å². The van der Waals surface area contributed by atoms with Crippen LogP contribution in [0.25, 0.3) is 0 Å². The summed E-state index contributed by atoms with van der Waals surface area (Å²) in [5, 5.41) is 6.54. The summed E-state index contributed by atoms with van der Waals surface area (Å²) < 4.78 is 0. The smallest absolute Gasteiger partial charge is 0.225 e. The van der Waals surface area contributed by atoms with Crippen LogP contribution < -0.4 is 15.5 Å². The van der Waals surface area contributed by atoms with Gasteiger partial charge >= 0.3 is 0 Å². The lowest BCUT2D eigenvalue weighted by atomic mass is 10.1. The number of hydrogen-bond donors (Lipinski definition) is 2. The molecule has 23 heavy (non-hydrogen) atoms. The molecule has 1 amide bonds. The Morgan fingerprint density at radius 3 is 2.74 bits per heavy atom. The number of rotatable bonds is 4. The highest BCUT2D eigenvalue weighted by molar-refractivity contribution is 5.85. The monoisotopic (exact) mass is 361 g/mol. The Kier molecular flexibility index (Phi) is 8.58. The number of aromatic nitrogens is 2. The van der Waals surface area contributed by atoms with Gasteiger partial charge < -0.3 is 15.5 Å². The van der Waals surface area contributed by atoms with Crippen LogP contribution in [-0.2, 0) is 4.79 Å². The van der Waals surface area contributed by atoms with E-state index in [1.807, 2.05) is 6.07 Å². The van der Waals surface area contributed by atoms with E-state index in [-0.39, 0.29) is 36.8 Å². The Morgan fingerprint density at radius 2 is 2.04 bits per heavy atom. The second-order valence-corrected chi connectivity index (χ2v) is 5.90. The number of anilines is 1. The summed E-state index contributed by atoms with van der Waals surface area (Å²) in [6, 6.07) is 2.39. The maximum absolute atomic E-state index is 12.1. The first kappa shape index (κ1) is 19.9. The zero-order valence-electron chi connectivity index (χ0n) is 13.1. The zero-order valence-corrected chi connectivity index (χ0v) is 14.7. The Bertz CT molecular complexity index is 470. The van der Waals surface area contributed by atoms with E-state index in [1.54, 1.807) is 12.4 Å². The molecule has 6 nitrogen and oxygen atoms in total. The van der Waals surface area contributed by atoms with Gasteiger partial charge in [0.1, 0.15) is 0 Å². The molecule has 0 aromatic carbocycles. The molecule has 2 fully saturated rings. The van der Waals surface area contributed by atoms with E-state index in [2.05, 4.69) is 25.5 Å². The van der Waals surface area contributed by atoms with Crippen molar-refractivity contribution in [3.63, 3.8) is 0 Å². The number of nitrogens with one attached hydrogen (secondary N) is 2. The molecule has 3 rings (SSSR count). The number of halogens is 2. The lowest BCUT2D eigenvalue weighted by Gasteiger charge is -2.33. The largest absolute Gasteiger partial charge is 0.352 e. The molecule has 2 atom stereocenters. The van der Waals surface area contributed by atoms with Crippen molar-refractivity contribution in [2.24, 2.45) is 0 Å². The van der Waals surface area contributed by atoms with Gasteiger partial charge in [-0.3, -0.25) is 4.79 Å². The molecule has 3 heterocycles. The Labute approximate surface area is 149 Å². The number of carbonyl (C=O) groups is 1. The third-order valence-electron chi connectivity index (χ3n) is 4.22. The standard InChI is InChI=1S/C15H23N5O.2ClH/c21-14(10-12-4-1-6-16-12)19-13-5-2-9-20(11-13)15-17-7-3-8-18-15;;/h3,7-8,12-13,16H,1-2,4-6,9-11H2,(H,19,21);2*1H. The van der Waals surface area contributed by atoms with Crippen LogP contribution in [0.4, 0.5) is 5.95 Å².